The molecular formula is C46H84N4O29. The number of aliphatic hydroxyl groups excluding tert-OH is 12. The van der Waals surface area contributed by atoms with Crippen molar-refractivity contribution in [1.82, 2.24) is 16.0 Å². The summed E-state index contributed by atoms with van der Waals surface area (Å²) in [6.07, 6.45) is -23.2. The van der Waals surface area contributed by atoms with E-state index < -0.39 is 140 Å². The molecule has 3 heterocycles. The maximum atomic E-state index is 12.9. The summed E-state index contributed by atoms with van der Waals surface area (Å²) >= 11 is 0. The van der Waals surface area contributed by atoms with Gasteiger partial charge in [0, 0.05) is 63.1 Å². The summed E-state index contributed by atoms with van der Waals surface area (Å²) in [7, 11) is 0. The highest BCUT2D eigenvalue weighted by Crippen LogP contribution is 2.30. The molecule has 3 aliphatic rings. The molecule has 33 nitrogen and oxygen atoms in total. The van der Waals surface area contributed by atoms with Gasteiger partial charge in [0.25, 0.3) is 0 Å². The smallest absolute Gasteiger partial charge is 0.223 e. The highest BCUT2D eigenvalue weighted by molar-refractivity contribution is 5.77. The largest absolute Gasteiger partial charge is 0.394 e. The molecule has 0 aromatic carbocycles. The monoisotopic (exact) mass is 1160 g/mol. The lowest BCUT2D eigenvalue weighted by molar-refractivity contribution is -0.573. The molecule has 79 heavy (non-hydrogen) atoms. The predicted molar refractivity (Wildman–Crippen MR) is 261 cm³/mol. The molecule has 0 aromatic heterocycles. The van der Waals surface area contributed by atoms with Gasteiger partial charge in [0.2, 0.25) is 23.3 Å². The third-order valence-corrected chi connectivity index (χ3v) is 12.7. The number of nitro groups is 1. The van der Waals surface area contributed by atoms with Crippen LogP contribution in [0.25, 0.3) is 0 Å². The Morgan fingerprint density at radius 3 is 0.873 bits per heavy atom. The Morgan fingerprint density at radius 1 is 0.392 bits per heavy atom. The van der Waals surface area contributed by atoms with E-state index in [-0.39, 0.29) is 157 Å². The molecule has 33 heteroatoms. The first-order valence-electron chi connectivity index (χ1n) is 26.1. The Balaban J connectivity index is 1.35. The number of aliphatic hydroxyl groups is 12. The minimum absolute atomic E-state index is 0.0366. The summed E-state index contributed by atoms with van der Waals surface area (Å²) in [5.41, 5.74) is -1.87. The maximum absolute atomic E-state index is 12.9. The predicted octanol–water partition coefficient (Wildman–Crippen LogP) is -8.76. The van der Waals surface area contributed by atoms with E-state index in [4.69, 9.17) is 56.8 Å². The highest BCUT2D eigenvalue weighted by Gasteiger charge is 2.47. The Bertz CT molecular complexity index is 1500. The molecule has 15 atom stereocenters. The number of amides is 3. The van der Waals surface area contributed by atoms with Crippen LogP contribution in [0.4, 0.5) is 0 Å². The van der Waals surface area contributed by atoms with Gasteiger partial charge in [-0.05, 0) is 0 Å². The van der Waals surface area contributed by atoms with Crippen molar-refractivity contribution >= 4 is 17.7 Å². The SMILES string of the molecule is O=C(CCC(CCC(=O)NCCOCCOCCO[C@H]1O[C@H](CO)[C@@H](O)[C@H](O)[C@@H]1O)(CCC(=O)NCCOCCOCCO[C@H]1O[C@H](CO)[C@@H](O)[C@H](O)[C@@H]1O)[N+](=O)[O-])NCCOCCOCCO[C@H]1O[C@H](CO)[C@@H](O)[C@H](O)[C@@H]1O. The second kappa shape index (κ2) is 39.4. The van der Waals surface area contributed by atoms with Crippen LogP contribution in [0, 0.1) is 10.1 Å². The van der Waals surface area contributed by atoms with Gasteiger partial charge in [-0.2, -0.15) is 0 Å². The van der Waals surface area contributed by atoms with Crippen molar-refractivity contribution in [3.63, 3.8) is 0 Å². The van der Waals surface area contributed by atoms with Gasteiger partial charge in [-0.25, -0.2) is 0 Å². The van der Waals surface area contributed by atoms with Crippen LogP contribution >= 0.6 is 0 Å². The first kappa shape index (κ1) is 70.1. The van der Waals surface area contributed by atoms with Crippen molar-refractivity contribution in [2.45, 2.75) is 136 Å². The van der Waals surface area contributed by atoms with Gasteiger partial charge >= 0.3 is 0 Å². The lowest BCUT2D eigenvalue weighted by Crippen LogP contribution is -2.59. The number of ether oxygens (including phenoxy) is 12. The zero-order valence-corrected chi connectivity index (χ0v) is 44.0. The molecule has 15 N–H and O–H groups in total. The van der Waals surface area contributed by atoms with Crippen LogP contribution in [-0.2, 0) is 71.2 Å². The fraction of sp³-hybridized carbons (Fsp3) is 0.935. The van der Waals surface area contributed by atoms with Crippen LogP contribution < -0.4 is 16.0 Å². The highest BCUT2D eigenvalue weighted by atomic mass is 16.7. The molecular weight excluding hydrogens is 1070 g/mol. The van der Waals surface area contributed by atoms with Crippen LogP contribution in [0.5, 0.6) is 0 Å². The molecule has 3 rings (SSSR count). The third kappa shape index (κ3) is 25.1. The van der Waals surface area contributed by atoms with E-state index in [1.54, 1.807) is 0 Å². The van der Waals surface area contributed by atoms with Crippen LogP contribution in [0.1, 0.15) is 38.5 Å². The topological polar surface area (TPSA) is 484 Å². The van der Waals surface area contributed by atoms with Crippen molar-refractivity contribution in [3.8, 4) is 0 Å². The Labute approximate surface area is 455 Å². The molecule has 3 saturated heterocycles. The maximum Gasteiger partial charge on any atom is 0.223 e. The van der Waals surface area contributed by atoms with Gasteiger partial charge in [-0.3, -0.25) is 24.5 Å². The molecule has 3 amide bonds. The van der Waals surface area contributed by atoms with Crippen LogP contribution in [0.15, 0.2) is 0 Å². The van der Waals surface area contributed by atoms with Gasteiger partial charge in [0.1, 0.15) is 73.2 Å². The van der Waals surface area contributed by atoms with Crippen molar-refractivity contribution in [3.05, 3.63) is 10.1 Å². The Morgan fingerprint density at radius 2 is 0.633 bits per heavy atom. The lowest BCUT2D eigenvalue weighted by atomic mass is 9.84. The van der Waals surface area contributed by atoms with E-state index >= 15 is 0 Å². The molecule has 0 unspecified atom stereocenters. The molecule has 3 fully saturated rings. The minimum atomic E-state index is -1.87. The van der Waals surface area contributed by atoms with Gasteiger partial charge in [0.15, 0.2) is 18.9 Å². The average molecular weight is 1160 g/mol. The van der Waals surface area contributed by atoms with E-state index in [1.807, 2.05) is 0 Å². The van der Waals surface area contributed by atoms with E-state index in [2.05, 4.69) is 16.0 Å². The first-order valence-corrected chi connectivity index (χ1v) is 26.1. The van der Waals surface area contributed by atoms with Crippen LogP contribution in [0.3, 0.4) is 0 Å². The zero-order chi connectivity index (χ0) is 58.2. The third-order valence-electron chi connectivity index (χ3n) is 12.7. The molecule has 0 aliphatic carbocycles. The number of rotatable bonds is 43. The van der Waals surface area contributed by atoms with Gasteiger partial charge in [-0.15, -0.1) is 0 Å². The standard InChI is InChI=1S/C46H84N4O29/c51-25-28-34(57)37(60)40(63)43(77-28)74-22-19-71-16-13-68-10-7-47-31(54)1-4-46(50(66)67,5-2-32(55)48-8-11-69-14-17-72-20-23-75-44-41(64)38(61)35(58)29(26-52)78-44)6-3-33(56)49-9-12-70-15-18-73-21-24-76-45-42(65)39(62)36(59)30(27-53)79-45/h28-30,34-45,51-53,57-65H,1-27H2,(H,47,54)(H,48,55)(H,49,56)/t28-,29-,30-,34-,35-,36-,37+,38+,39+,40+,41+,42+,43+,44+,45+/m1/s1. The summed E-state index contributed by atoms with van der Waals surface area (Å²) in [5.74, 6) is -1.64. The van der Waals surface area contributed by atoms with Crippen LogP contribution in [0.2, 0.25) is 0 Å². The average Bonchev–Trinajstić information content (AvgIpc) is 3.44. The van der Waals surface area contributed by atoms with Crippen molar-refractivity contribution < 1.29 is 137 Å². The normalized spacial score (nSPS) is 29.3. The molecule has 462 valence electrons. The molecule has 0 bridgehead atoms. The number of nitrogens with one attached hydrogen (secondary N) is 3. The van der Waals surface area contributed by atoms with E-state index in [0.29, 0.717) is 0 Å². The number of hydrogen-bond acceptors (Lipinski definition) is 29. The van der Waals surface area contributed by atoms with E-state index in [1.165, 1.54) is 0 Å². The van der Waals surface area contributed by atoms with Crippen molar-refractivity contribution in [2.24, 2.45) is 0 Å². The molecule has 0 spiro atoms. The number of carbonyl (C=O) groups is 3. The van der Waals surface area contributed by atoms with Gasteiger partial charge < -0.3 is 134 Å². The zero-order valence-electron chi connectivity index (χ0n) is 44.0. The first-order chi connectivity index (χ1) is 37.9. The molecule has 0 saturated carbocycles. The number of nitrogens with zero attached hydrogens (tertiary/aromatic N) is 1. The fourth-order valence-electron chi connectivity index (χ4n) is 7.99. The van der Waals surface area contributed by atoms with Crippen LogP contribution in [-0.4, -0.2) is 320 Å². The number of hydrogen-bond donors (Lipinski definition) is 15. The lowest BCUT2D eigenvalue weighted by Gasteiger charge is -2.39. The molecule has 0 aromatic rings. The number of carbonyl (C=O) groups excluding carboxylic acids is 3. The van der Waals surface area contributed by atoms with Gasteiger partial charge in [0.05, 0.1) is 119 Å². The molecule has 3 aliphatic heterocycles. The Hall–Kier alpha value is -3.15. The molecule has 0 radical (unpaired) electrons. The summed E-state index contributed by atoms with van der Waals surface area (Å²) in [6, 6.07) is 0. The summed E-state index contributed by atoms with van der Waals surface area (Å²) in [6.45, 7) is -0.973. The quantitative estimate of drug-likeness (QED) is 0.0153. The van der Waals surface area contributed by atoms with Crippen molar-refractivity contribution in [2.75, 3.05) is 139 Å². The summed E-state index contributed by atoms with van der Waals surface area (Å²) in [4.78, 5) is 50.8. The minimum Gasteiger partial charge on any atom is -0.394 e. The van der Waals surface area contributed by atoms with Crippen molar-refractivity contribution in [1.29, 1.82) is 0 Å². The summed E-state index contributed by atoms with van der Waals surface area (Å²) < 4.78 is 64.3. The summed E-state index contributed by atoms with van der Waals surface area (Å²) in [5, 5.41) is 138. The second-order valence-electron chi connectivity index (χ2n) is 18.4. The van der Waals surface area contributed by atoms with E-state index in [9.17, 15) is 85.8 Å². The van der Waals surface area contributed by atoms with E-state index in [0.717, 1.165) is 0 Å². The second-order valence-corrected chi connectivity index (χ2v) is 18.4. The Kier molecular flexibility index (Phi) is 34.9. The fourth-order valence-corrected chi connectivity index (χ4v) is 7.99. The van der Waals surface area contributed by atoms with Gasteiger partial charge in [-0.1, -0.05) is 0 Å².